The molecule has 8 nitrogen and oxygen atoms in total. The summed E-state index contributed by atoms with van der Waals surface area (Å²) in [7, 11) is 1.45. The highest BCUT2D eigenvalue weighted by Gasteiger charge is 2.47. The zero-order chi connectivity index (χ0) is 24.8. The topological polar surface area (TPSA) is 96.3 Å². The summed E-state index contributed by atoms with van der Waals surface area (Å²) < 4.78 is 34.8. The number of phenols is 1. The van der Waals surface area contributed by atoms with Crippen molar-refractivity contribution in [1.82, 2.24) is 25.5 Å². The number of hydrogen-bond acceptors (Lipinski definition) is 8. The highest BCUT2D eigenvalue weighted by molar-refractivity contribution is 5.74. The van der Waals surface area contributed by atoms with Crippen LogP contribution in [0.25, 0.3) is 22.4 Å². The van der Waals surface area contributed by atoms with Crippen molar-refractivity contribution in [2.75, 3.05) is 12.0 Å². The molecule has 1 aliphatic carbocycles. The Labute approximate surface area is 207 Å². The summed E-state index contributed by atoms with van der Waals surface area (Å²) in [6.07, 6.45) is 7.37. The van der Waals surface area contributed by atoms with Crippen LogP contribution >= 0.6 is 0 Å². The van der Waals surface area contributed by atoms with Crippen LogP contribution < -0.4 is 15.0 Å². The number of pyridine rings is 1. The third kappa shape index (κ3) is 4.23. The molecule has 2 N–H and O–H groups in total. The third-order valence-corrected chi connectivity index (χ3v) is 7.50. The van der Waals surface area contributed by atoms with Gasteiger partial charge in [-0.2, -0.15) is 0 Å². The van der Waals surface area contributed by atoms with E-state index in [1.54, 1.807) is 18.3 Å². The second-order valence-electron chi connectivity index (χ2n) is 9.87. The smallest absolute Gasteiger partial charge is 0.245 e. The molecule has 3 aliphatic rings. The number of halogens is 2. The summed E-state index contributed by atoms with van der Waals surface area (Å²) in [4.78, 5) is 10.4. The number of aromatic nitrogens is 4. The summed E-state index contributed by atoms with van der Waals surface area (Å²) in [5, 5.41) is 22.8. The van der Waals surface area contributed by atoms with Crippen LogP contribution in [0, 0.1) is 5.82 Å². The van der Waals surface area contributed by atoms with Gasteiger partial charge in [-0.3, -0.25) is 0 Å². The Kier molecular flexibility index (Phi) is 5.91. The fourth-order valence-corrected chi connectivity index (χ4v) is 5.56. The van der Waals surface area contributed by atoms with Gasteiger partial charge in [-0.15, -0.1) is 10.2 Å². The first-order valence-corrected chi connectivity index (χ1v) is 12.4. The molecule has 36 heavy (non-hydrogen) atoms. The van der Waals surface area contributed by atoms with Gasteiger partial charge < -0.3 is 20.1 Å². The third-order valence-electron chi connectivity index (χ3n) is 7.50. The Morgan fingerprint density at radius 2 is 1.92 bits per heavy atom. The van der Waals surface area contributed by atoms with Crippen molar-refractivity contribution in [1.29, 1.82) is 0 Å². The first kappa shape index (κ1) is 23.0. The molecular formula is C26H28F2N6O2. The number of nitrogens with one attached hydrogen (secondary N) is 1. The SMILES string of the molecule is COc1cc(-c2ccc(-c3cnc(N(C4CC4)[C@@H]4C[C@@H]5CCC[C@H](N5)[C@@H]4F)nn3)c(O)c2)c(F)cn1. The molecule has 0 unspecified atom stereocenters. The maximum Gasteiger partial charge on any atom is 0.245 e. The lowest BCUT2D eigenvalue weighted by Crippen LogP contribution is -2.62. The van der Waals surface area contributed by atoms with Crippen molar-refractivity contribution >= 4 is 5.95 Å². The minimum absolute atomic E-state index is 0.0828. The fraction of sp³-hybridized carbons (Fsp3) is 0.462. The lowest BCUT2D eigenvalue weighted by Gasteiger charge is -2.46. The van der Waals surface area contributed by atoms with Crippen LogP contribution in [0.2, 0.25) is 0 Å². The van der Waals surface area contributed by atoms with Gasteiger partial charge in [0, 0.05) is 35.3 Å². The highest BCUT2D eigenvalue weighted by Crippen LogP contribution is 2.39. The standard InChI is InChI=1S/C26H28F2N6O2/c1-36-24-11-18(19(27)12-29-24)14-5-8-17(23(35)9-14)21-13-30-26(33-32-21)34(16-6-7-16)22-10-15-3-2-4-20(31-15)25(22)28/h5,8-9,11-13,15-16,20,22,25,31,35H,2-4,6-7,10H2,1H3/t15-,20-,22+,25-/m0/s1. The number of nitrogens with zero attached hydrogens (tertiary/aromatic N) is 5. The maximum atomic E-state index is 15.4. The van der Waals surface area contributed by atoms with E-state index in [1.165, 1.54) is 19.2 Å². The van der Waals surface area contributed by atoms with Crippen molar-refractivity contribution in [3.63, 3.8) is 0 Å². The Morgan fingerprint density at radius 3 is 2.64 bits per heavy atom. The second-order valence-corrected chi connectivity index (χ2v) is 9.87. The summed E-state index contributed by atoms with van der Waals surface area (Å²) >= 11 is 0. The molecule has 3 aromatic rings. The van der Waals surface area contributed by atoms with Crippen LogP contribution in [0.3, 0.4) is 0 Å². The largest absolute Gasteiger partial charge is 0.507 e. The quantitative estimate of drug-likeness (QED) is 0.530. The molecule has 0 spiro atoms. The van der Waals surface area contributed by atoms with Crippen molar-refractivity contribution in [2.45, 2.75) is 68.9 Å². The minimum atomic E-state index is -0.978. The van der Waals surface area contributed by atoms with E-state index in [0.29, 0.717) is 28.8 Å². The minimum Gasteiger partial charge on any atom is -0.507 e. The van der Waals surface area contributed by atoms with E-state index >= 15 is 4.39 Å². The predicted octanol–water partition coefficient (Wildman–Crippen LogP) is 4.04. The lowest BCUT2D eigenvalue weighted by molar-refractivity contribution is 0.103. The Hall–Kier alpha value is -3.40. The molecule has 0 radical (unpaired) electrons. The number of methoxy groups -OCH3 is 1. The zero-order valence-corrected chi connectivity index (χ0v) is 19.9. The van der Waals surface area contributed by atoms with Gasteiger partial charge in [-0.25, -0.2) is 18.7 Å². The number of hydrogen-bond donors (Lipinski definition) is 2. The summed E-state index contributed by atoms with van der Waals surface area (Å²) in [6.45, 7) is 0. The molecule has 2 aliphatic heterocycles. The summed E-state index contributed by atoms with van der Waals surface area (Å²) in [6, 6.07) is 6.45. The fourth-order valence-electron chi connectivity index (χ4n) is 5.56. The van der Waals surface area contributed by atoms with Gasteiger partial charge in [0.25, 0.3) is 0 Å². The van der Waals surface area contributed by atoms with E-state index in [4.69, 9.17) is 4.74 Å². The van der Waals surface area contributed by atoms with Crippen LogP contribution in [0.15, 0.2) is 36.7 Å². The van der Waals surface area contributed by atoms with Crippen LogP contribution in [-0.4, -0.2) is 62.7 Å². The predicted molar refractivity (Wildman–Crippen MR) is 130 cm³/mol. The van der Waals surface area contributed by atoms with Crippen LogP contribution in [0.4, 0.5) is 14.7 Å². The molecule has 0 amide bonds. The molecule has 4 atom stereocenters. The van der Waals surface area contributed by atoms with Crippen molar-refractivity contribution < 1.29 is 18.6 Å². The Morgan fingerprint density at radius 1 is 1.06 bits per heavy atom. The molecule has 188 valence electrons. The van der Waals surface area contributed by atoms with Crippen molar-refractivity contribution in [2.24, 2.45) is 0 Å². The highest BCUT2D eigenvalue weighted by atomic mass is 19.1. The maximum absolute atomic E-state index is 15.4. The number of fused-ring (bicyclic) bond motifs is 2. The first-order chi connectivity index (χ1) is 17.5. The number of rotatable bonds is 6. The van der Waals surface area contributed by atoms with Crippen LogP contribution in [0.5, 0.6) is 11.6 Å². The van der Waals surface area contributed by atoms with Gasteiger partial charge in [-0.1, -0.05) is 12.5 Å². The monoisotopic (exact) mass is 494 g/mol. The Bertz CT molecular complexity index is 1260. The van der Waals surface area contributed by atoms with Gasteiger partial charge in [0.15, 0.2) is 0 Å². The molecule has 2 saturated heterocycles. The van der Waals surface area contributed by atoms with Gasteiger partial charge in [0.1, 0.15) is 23.4 Å². The van der Waals surface area contributed by atoms with Gasteiger partial charge in [0.05, 0.1) is 25.5 Å². The van der Waals surface area contributed by atoms with E-state index in [1.807, 2.05) is 4.90 Å². The normalized spacial score (nSPS) is 25.4. The average molecular weight is 495 g/mol. The van der Waals surface area contributed by atoms with E-state index in [2.05, 4.69) is 25.5 Å². The average Bonchev–Trinajstić information content (AvgIpc) is 3.73. The number of phenolic OH excluding ortho intramolecular Hbond substituents is 1. The molecular weight excluding hydrogens is 466 g/mol. The molecule has 1 aromatic carbocycles. The second kappa shape index (κ2) is 9.24. The number of ether oxygens (including phenoxy) is 1. The van der Waals surface area contributed by atoms with E-state index < -0.39 is 12.0 Å². The first-order valence-electron chi connectivity index (χ1n) is 12.4. The number of benzene rings is 1. The number of aromatic hydroxyl groups is 1. The molecule has 10 heteroatoms. The van der Waals surface area contributed by atoms with Crippen molar-refractivity contribution in [3.8, 4) is 34.0 Å². The molecule has 2 bridgehead atoms. The number of anilines is 1. The van der Waals surface area contributed by atoms with E-state index in [9.17, 15) is 9.50 Å². The molecule has 4 heterocycles. The van der Waals surface area contributed by atoms with E-state index in [0.717, 1.165) is 44.7 Å². The van der Waals surface area contributed by atoms with Crippen LogP contribution in [-0.2, 0) is 0 Å². The number of piperidine rings is 2. The summed E-state index contributed by atoms with van der Waals surface area (Å²) in [5.41, 5.74) is 1.53. The molecule has 2 aromatic heterocycles. The van der Waals surface area contributed by atoms with Crippen LogP contribution in [0.1, 0.15) is 38.5 Å². The zero-order valence-electron chi connectivity index (χ0n) is 19.9. The van der Waals surface area contributed by atoms with Gasteiger partial charge in [0.2, 0.25) is 11.8 Å². The molecule has 1 saturated carbocycles. The van der Waals surface area contributed by atoms with Gasteiger partial charge in [-0.05, 0) is 49.8 Å². The van der Waals surface area contributed by atoms with E-state index in [-0.39, 0.29) is 35.3 Å². The van der Waals surface area contributed by atoms with Gasteiger partial charge >= 0.3 is 0 Å². The Balaban J connectivity index is 1.26. The number of alkyl halides is 1. The van der Waals surface area contributed by atoms with Crippen molar-refractivity contribution in [3.05, 3.63) is 42.5 Å². The summed E-state index contributed by atoms with van der Waals surface area (Å²) in [5.74, 6) is 0.0902. The molecule has 3 fully saturated rings. The molecule has 6 rings (SSSR count). The lowest BCUT2D eigenvalue weighted by atomic mass is 9.82.